The summed E-state index contributed by atoms with van der Waals surface area (Å²) in [6.07, 6.45) is 6.97. The van der Waals surface area contributed by atoms with E-state index in [0.29, 0.717) is 29.1 Å². The maximum absolute atomic E-state index is 12.7. The number of hydrogen-bond acceptors (Lipinski definition) is 7. The fraction of sp³-hybridized carbons (Fsp3) is 0.478. The summed E-state index contributed by atoms with van der Waals surface area (Å²) in [6, 6.07) is 5.78. The first kappa shape index (κ1) is 22.2. The Kier molecular flexibility index (Phi) is 7.02. The SMILES string of the molecule is N#Cc1cccnc1N1CCCN(CCC(=O)Nc2sc3c(c2C(N)=O)CCCC3)CC1. The third-order valence-corrected chi connectivity index (χ3v) is 7.33. The summed E-state index contributed by atoms with van der Waals surface area (Å²) >= 11 is 1.50. The average Bonchev–Trinajstić information content (AvgIpc) is 2.99. The lowest BCUT2D eigenvalue weighted by molar-refractivity contribution is -0.116. The molecule has 2 aromatic heterocycles. The fourth-order valence-electron chi connectivity index (χ4n) is 4.51. The summed E-state index contributed by atoms with van der Waals surface area (Å²) in [6.45, 7) is 3.92. The third-order valence-electron chi connectivity index (χ3n) is 6.12. The number of carbonyl (C=O) groups excluding carboxylic acids is 2. The molecule has 2 aliphatic rings. The normalized spacial score (nSPS) is 16.7. The Bertz CT molecular complexity index is 1040. The lowest BCUT2D eigenvalue weighted by atomic mass is 9.95. The largest absolute Gasteiger partial charge is 0.365 e. The van der Waals surface area contributed by atoms with Crippen LogP contribution in [0.15, 0.2) is 18.3 Å². The lowest BCUT2D eigenvalue weighted by Gasteiger charge is -2.23. The number of primary amides is 1. The van der Waals surface area contributed by atoms with E-state index in [9.17, 15) is 14.9 Å². The Labute approximate surface area is 192 Å². The van der Waals surface area contributed by atoms with Crippen LogP contribution in [0.5, 0.6) is 0 Å². The number of nitriles is 1. The smallest absolute Gasteiger partial charge is 0.251 e. The quantitative estimate of drug-likeness (QED) is 0.696. The Morgan fingerprint density at radius 1 is 1.19 bits per heavy atom. The first-order valence-corrected chi connectivity index (χ1v) is 11.9. The van der Waals surface area contributed by atoms with Crippen LogP contribution in [-0.2, 0) is 17.6 Å². The number of hydrogen-bond donors (Lipinski definition) is 2. The summed E-state index contributed by atoms with van der Waals surface area (Å²) in [5.41, 5.74) is 7.75. The van der Waals surface area contributed by atoms with Crippen molar-refractivity contribution < 1.29 is 9.59 Å². The number of carbonyl (C=O) groups is 2. The predicted molar refractivity (Wildman–Crippen MR) is 125 cm³/mol. The van der Waals surface area contributed by atoms with Crippen molar-refractivity contribution in [3.8, 4) is 6.07 Å². The molecule has 0 unspecified atom stereocenters. The summed E-state index contributed by atoms with van der Waals surface area (Å²) < 4.78 is 0. The van der Waals surface area contributed by atoms with Gasteiger partial charge in [0.15, 0.2) is 0 Å². The zero-order valence-corrected chi connectivity index (χ0v) is 18.9. The minimum absolute atomic E-state index is 0.0938. The van der Waals surface area contributed by atoms with E-state index in [-0.39, 0.29) is 5.91 Å². The number of anilines is 2. The van der Waals surface area contributed by atoms with Crippen LogP contribution in [0.1, 0.15) is 52.0 Å². The number of nitrogens with one attached hydrogen (secondary N) is 1. The molecule has 4 rings (SSSR count). The molecule has 1 saturated heterocycles. The highest BCUT2D eigenvalue weighted by Gasteiger charge is 2.25. The Balaban J connectivity index is 1.33. The van der Waals surface area contributed by atoms with Crippen molar-refractivity contribution in [1.82, 2.24) is 9.88 Å². The van der Waals surface area contributed by atoms with Crippen LogP contribution in [0.2, 0.25) is 0 Å². The number of nitrogens with zero attached hydrogens (tertiary/aromatic N) is 4. The Morgan fingerprint density at radius 3 is 2.84 bits per heavy atom. The molecule has 9 heteroatoms. The second-order valence-corrected chi connectivity index (χ2v) is 9.35. The predicted octanol–water partition coefficient (Wildman–Crippen LogP) is 2.53. The van der Waals surface area contributed by atoms with E-state index >= 15 is 0 Å². The van der Waals surface area contributed by atoms with E-state index in [4.69, 9.17) is 5.73 Å². The van der Waals surface area contributed by atoms with Crippen molar-refractivity contribution in [3.63, 3.8) is 0 Å². The molecule has 0 spiro atoms. The van der Waals surface area contributed by atoms with Gasteiger partial charge in [-0.1, -0.05) is 0 Å². The topological polar surface area (TPSA) is 115 Å². The third kappa shape index (κ3) is 4.92. The standard InChI is InChI=1S/C23H28N6O2S/c24-15-16-5-3-9-26-22(16)29-11-4-10-28(13-14-29)12-8-19(30)27-23-20(21(25)31)17-6-1-2-7-18(17)32-23/h3,5,9H,1-2,4,6-8,10-14H2,(H2,25,31)(H,27,30). The summed E-state index contributed by atoms with van der Waals surface area (Å²) in [5.74, 6) is 0.178. The van der Waals surface area contributed by atoms with Crippen LogP contribution < -0.4 is 16.0 Å². The van der Waals surface area contributed by atoms with Gasteiger partial charge in [-0.15, -0.1) is 11.3 Å². The van der Waals surface area contributed by atoms with Crippen molar-refractivity contribution in [2.45, 2.75) is 38.5 Å². The molecule has 168 valence electrons. The zero-order valence-electron chi connectivity index (χ0n) is 18.1. The van der Waals surface area contributed by atoms with Gasteiger partial charge >= 0.3 is 0 Å². The summed E-state index contributed by atoms with van der Waals surface area (Å²) in [5, 5.41) is 12.9. The molecule has 0 atom stereocenters. The fourth-order valence-corrected chi connectivity index (χ4v) is 5.82. The van der Waals surface area contributed by atoms with Gasteiger partial charge in [0.25, 0.3) is 5.91 Å². The van der Waals surface area contributed by atoms with E-state index in [0.717, 1.165) is 69.7 Å². The van der Waals surface area contributed by atoms with Crippen LogP contribution in [0.4, 0.5) is 10.8 Å². The highest BCUT2D eigenvalue weighted by molar-refractivity contribution is 7.17. The molecule has 8 nitrogen and oxygen atoms in total. The second-order valence-electron chi connectivity index (χ2n) is 8.25. The van der Waals surface area contributed by atoms with Gasteiger partial charge in [0, 0.05) is 43.7 Å². The molecule has 3 N–H and O–H groups in total. The number of fused-ring (bicyclic) bond motifs is 1. The molecule has 1 aliphatic heterocycles. The minimum atomic E-state index is -0.460. The van der Waals surface area contributed by atoms with Crippen molar-refractivity contribution >= 4 is 34.0 Å². The molecule has 2 aromatic rings. The first-order valence-electron chi connectivity index (χ1n) is 11.1. The molecule has 1 fully saturated rings. The maximum Gasteiger partial charge on any atom is 0.251 e. The van der Waals surface area contributed by atoms with Crippen molar-refractivity contribution in [3.05, 3.63) is 39.9 Å². The number of pyridine rings is 1. The van der Waals surface area contributed by atoms with Gasteiger partial charge in [0.1, 0.15) is 16.9 Å². The first-order chi connectivity index (χ1) is 15.6. The van der Waals surface area contributed by atoms with E-state index in [1.54, 1.807) is 18.3 Å². The summed E-state index contributed by atoms with van der Waals surface area (Å²) in [7, 11) is 0. The van der Waals surface area contributed by atoms with E-state index in [2.05, 4.69) is 26.2 Å². The Hall–Kier alpha value is -2.96. The van der Waals surface area contributed by atoms with Gasteiger partial charge in [-0.2, -0.15) is 5.26 Å². The highest BCUT2D eigenvalue weighted by Crippen LogP contribution is 2.37. The van der Waals surface area contributed by atoms with Crippen LogP contribution in [-0.4, -0.2) is 54.4 Å². The molecule has 0 radical (unpaired) electrons. The molecule has 1 aliphatic carbocycles. The molecule has 0 bridgehead atoms. The van der Waals surface area contributed by atoms with E-state index in [1.807, 2.05) is 0 Å². The maximum atomic E-state index is 12.7. The van der Waals surface area contributed by atoms with Gasteiger partial charge in [0.2, 0.25) is 5.91 Å². The van der Waals surface area contributed by atoms with Crippen LogP contribution in [0.25, 0.3) is 0 Å². The molecule has 0 aromatic carbocycles. The number of thiophene rings is 1. The molecular formula is C23H28N6O2S. The minimum Gasteiger partial charge on any atom is -0.365 e. The Morgan fingerprint density at radius 2 is 2.03 bits per heavy atom. The second kappa shape index (κ2) is 10.1. The van der Waals surface area contributed by atoms with Crippen molar-refractivity contribution in [1.29, 1.82) is 5.26 Å². The van der Waals surface area contributed by atoms with E-state index in [1.165, 1.54) is 16.2 Å². The van der Waals surface area contributed by atoms with Crippen LogP contribution in [0, 0.1) is 11.3 Å². The molecule has 32 heavy (non-hydrogen) atoms. The zero-order chi connectivity index (χ0) is 22.5. The van der Waals surface area contributed by atoms with Crippen LogP contribution >= 0.6 is 11.3 Å². The van der Waals surface area contributed by atoms with Gasteiger partial charge in [0.05, 0.1) is 11.1 Å². The van der Waals surface area contributed by atoms with Crippen LogP contribution in [0.3, 0.4) is 0 Å². The molecule has 2 amide bonds. The monoisotopic (exact) mass is 452 g/mol. The molecular weight excluding hydrogens is 424 g/mol. The van der Waals surface area contributed by atoms with Gasteiger partial charge in [-0.3, -0.25) is 9.59 Å². The average molecular weight is 453 g/mol. The number of aromatic nitrogens is 1. The number of amides is 2. The van der Waals surface area contributed by atoms with Gasteiger partial charge in [-0.05, 0) is 56.3 Å². The number of aryl methyl sites for hydroxylation is 1. The van der Waals surface area contributed by atoms with Crippen molar-refractivity contribution in [2.75, 3.05) is 42.9 Å². The highest BCUT2D eigenvalue weighted by atomic mass is 32.1. The molecule has 0 saturated carbocycles. The number of nitrogens with two attached hydrogens (primary N) is 1. The van der Waals surface area contributed by atoms with E-state index < -0.39 is 5.91 Å². The molecule has 3 heterocycles. The van der Waals surface area contributed by atoms with Gasteiger partial charge in [-0.25, -0.2) is 4.98 Å². The summed E-state index contributed by atoms with van der Waals surface area (Å²) in [4.78, 5) is 34.7. The van der Waals surface area contributed by atoms with Gasteiger partial charge < -0.3 is 20.9 Å². The number of rotatable bonds is 6. The van der Waals surface area contributed by atoms with Crippen molar-refractivity contribution in [2.24, 2.45) is 5.73 Å². The lowest BCUT2D eigenvalue weighted by Crippen LogP contribution is -2.33.